The van der Waals surface area contributed by atoms with Gasteiger partial charge in [-0.25, -0.2) is 0 Å². The topological polar surface area (TPSA) is 85.8 Å². The number of carbonyl (C=O) groups is 1. The molecular weight excluding hydrogens is 362 g/mol. The zero-order chi connectivity index (χ0) is 20.1. The Kier molecular flexibility index (Phi) is 5.45. The molecule has 0 saturated carbocycles. The lowest BCUT2D eigenvalue weighted by molar-refractivity contribution is 0.0947. The highest BCUT2D eigenvalue weighted by atomic mass is 16.2. The summed E-state index contributed by atoms with van der Waals surface area (Å²) < 4.78 is 1.40. The molecule has 0 amide bonds. The molecule has 2 aromatic carbocycles. The van der Waals surface area contributed by atoms with Crippen LogP contribution in [0.5, 0.6) is 0 Å². The Labute approximate surface area is 169 Å². The van der Waals surface area contributed by atoms with Crippen LogP contribution in [0.1, 0.15) is 21.5 Å². The molecule has 4 rings (SSSR count). The third kappa shape index (κ3) is 4.07. The third-order valence-electron chi connectivity index (χ3n) is 4.64. The van der Waals surface area contributed by atoms with Gasteiger partial charge in [-0.15, -0.1) is 0 Å². The number of nitrogens with zero attached hydrogens (tertiary/aromatic N) is 3. The van der Waals surface area contributed by atoms with Gasteiger partial charge in [0.1, 0.15) is 5.82 Å². The number of rotatable bonds is 6. The third-order valence-corrected chi connectivity index (χ3v) is 4.64. The first-order chi connectivity index (χ1) is 14.3. The molecule has 6 nitrogen and oxygen atoms in total. The Morgan fingerprint density at radius 2 is 1.79 bits per heavy atom. The van der Waals surface area contributed by atoms with E-state index in [1.807, 2.05) is 66.7 Å². The van der Waals surface area contributed by atoms with E-state index in [1.54, 1.807) is 18.5 Å². The average molecular weight is 383 g/mol. The summed E-state index contributed by atoms with van der Waals surface area (Å²) in [5, 5.41) is 7.90. The van der Waals surface area contributed by atoms with E-state index < -0.39 is 0 Å². The maximum Gasteiger partial charge on any atom is 0.280 e. The normalized spacial score (nSPS) is 10.7. The molecule has 0 atom stereocenters. The molecule has 2 aromatic heterocycles. The van der Waals surface area contributed by atoms with Crippen LogP contribution in [0.3, 0.4) is 0 Å². The van der Waals surface area contributed by atoms with E-state index in [2.05, 4.69) is 15.4 Å². The predicted octanol–water partition coefficient (Wildman–Crippen LogP) is 3.70. The molecule has 0 saturated heterocycles. The summed E-state index contributed by atoms with van der Waals surface area (Å²) in [6.07, 6.45) is 3.43. The molecule has 0 bridgehead atoms. The van der Waals surface area contributed by atoms with E-state index in [0.29, 0.717) is 23.6 Å². The smallest absolute Gasteiger partial charge is 0.280 e. The van der Waals surface area contributed by atoms with Crippen LogP contribution in [0, 0.1) is 0 Å². The number of nitrogens with two attached hydrogens (primary N) is 1. The van der Waals surface area contributed by atoms with Crippen molar-refractivity contribution < 1.29 is 4.79 Å². The van der Waals surface area contributed by atoms with Crippen molar-refractivity contribution >= 4 is 11.7 Å². The van der Waals surface area contributed by atoms with Gasteiger partial charge < -0.3 is 11.1 Å². The number of carbonyl (C=O) groups excluding carboxylic acids is 1. The van der Waals surface area contributed by atoms with Crippen LogP contribution in [0.2, 0.25) is 0 Å². The SMILES string of the molecule is NCc1ccccc1C(=O)n1nc(-c2cccnc2)cc1NCc1ccccc1. The van der Waals surface area contributed by atoms with Gasteiger partial charge in [-0.3, -0.25) is 9.78 Å². The molecule has 0 unspecified atom stereocenters. The first kappa shape index (κ1) is 18.6. The van der Waals surface area contributed by atoms with Gasteiger partial charge in [0, 0.05) is 42.7 Å². The molecular formula is C23H21N5O. The van der Waals surface area contributed by atoms with Gasteiger partial charge in [0.25, 0.3) is 5.91 Å². The van der Waals surface area contributed by atoms with E-state index >= 15 is 0 Å². The van der Waals surface area contributed by atoms with E-state index in [0.717, 1.165) is 16.7 Å². The quantitative estimate of drug-likeness (QED) is 0.530. The highest BCUT2D eigenvalue weighted by molar-refractivity contribution is 5.99. The van der Waals surface area contributed by atoms with Crippen LogP contribution in [0.25, 0.3) is 11.3 Å². The van der Waals surface area contributed by atoms with Crippen LogP contribution < -0.4 is 11.1 Å². The fourth-order valence-corrected chi connectivity index (χ4v) is 3.13. The Hall–Kier alpha value is -3.77. The summed E-state index contributed by atoms with van der Waals surface area (Å²) >= 11 is 0. The zero-order valence-electron chi connectivity index (χ0n) is 15.8. The Balaban J connectivity index is 1.72. The van der Waals surface area contributed by atoms with Gasteiger partial charge in [0.15, 0.2) is 0 Å². The summed E-state index contributed by atoms with van der Waals surface area (Å²) in [5.74, 6) is 0.390. The molecule has 3 N–H and O–H groups in total. The van der Waals surface area contributed by atoms with E-state index in [1.165, 1.54) is 4.68 Å². The molecule has 0 aliphatic carbocycles. The zero-order valence-corrected chi connectivity index (χ0v) is 15.8. The minimum absolute atomic E-state index is 0.225. The average Bonchev–Trinajstić information content (AvgIpc) is 3.23. The Morgan fingerprint density at radius 3 is 2.55 bits per heavy atom. The summed E-state index contributed by atoms with van der Waals surface area (Å²) in [5.41, 5.74) is 9.78. The van der Waals surface area contributed by atoms with Crippen molar-refractivity contribution in [2.75, 3.05) is 5.32 Å². The maximum atomic E-state index is 13.3. The van der Waals surface area contributed by atoms with Gasteiger partial charge in [0.2, 0.25) is 0 Å². The first-order valence-corrected chi connectivity index (χ1v) is 9.37. The molecule has 4 aromatic rings. The van der Waals surface area contributed by atoms with Gasteiger partial charge in [-0.1, -0.05) is 48.5 Å². The molecule has 6 heteroatoms. The number of nitrogens with one attached hydrogen (secondary N) is 1. The fraction of sp³-hybridized carbons (Fsp3) is 0.0870. The van der Waals surface area contributed by atoms with Gasteiger partial charge in [-0.05, 0) is 29.3 Å². The summed E-state index contributed by atoms with van der Waals surface area (Å²) in [6, 6.07) is 23.0. The molecule has 0 radical (unpaired) electrons. The second-order valence-electron chi connectivity index (χ2n) is 6.57. The van der Waals surface area contributed by atoms with Gasteiger partial charge in [-0.2, -0.15) is 9.78 Å². The number of anilines is 1. The molecule has 0 spiro atoms. The second-order valence-corrected chi connectivity index (χ2v) is 6.57. The lowest BCUT2D eigenvalue weighted by Crippen LogP contribution is -2.19. The van der Waals surface area contributed by atoms with Crippen molar-refractivity contribution in [1.82, 2.24) is 14.8 Å². The van der Waals surface area contributed by atoms with Crippen molar-refractivity contribution in [2.45, 2.75) is 13.1 Å². The van der Waals surface area contributed by atoms with Crippen LogP contribution in [0.4, 0.5) is 5.82 Å². The van der Waals surface area contributed by atoms with E-state index in [9.17, 15) is 4.79 Å². The number of hydrogen-bond donors (Lipinski definition) is 2. The Bertz CT molecular complexity index is 1110. The van der Waals surface area contributed by atoms with Crippen molar-refractivity contribution in [3.63, 3.8) is 0 Å². The largest absolute Gasteiger partial charge is 0.366 e. The van der Waals surface area contributed by atoms with Gasteiger partial charge >= 0.3 is 0 Å². The minimum atomic E-state index is -0.225. The monoisotopic (exact) mass is 383 g/mol. The summed E-state index contributed by atoms with van der Waals surface area (Å²) in [6.45, 7) is 0.857. The van der Waals surface area contributed by atoms with Crippen LogP contribution in [0.15, 0.2) is 85.2 Å². The molecule has 2 heterocycles. The molecule has 144 valence electrons. The van der Waals surface area contributed by atoms with Crippen LogP contribution >= 0.6 is 0 Å². The first-order valence-electron chi connectivity index (χ1n) is 9.37. The Morgan fingerprint density at radius 1 is 1.00 bits per heavy atom. The number of aromatic nitrogens is 3. The highest BCUT2D eigenvalue weighted by Crippen LogP contribution is 2.23. The number of hydrogen-bond acceptors (Lipinski definition) is 5. The molecule has 0 aliphatic rings. The minimum Gasteiger partial charge on any atom is -0.366 e. The molecule has 29 heavy (non-hydrogen) atoms. The van der Waals surface area contributed by atoms with Crippen LogP contribution in [-0.2, 0) is 13.1 Å². The number of benzene rings is 2. The van der Waals surface area contributed by atoms with Gasteiger partial charge in [0.05, 0.1) is 5.69 Å². The molecule has 0 aliphatic heterocycles. The van der Waals surface area contributed by atoms with Crippen molar-refractivity contribution in [3.8, 4) is 11.3 Å². The summed E-state index contributed by atoms with van der Waals surface area (Å²) in [7, 11) is 0. The summed E-state index contributed by atoms with van der Waals surface area (Å²) in [4.78, 5) is 17.4. The fourth-order valence-electron chi connectivity index (χ4n) is 3.13. The van der Waals surface area contributed by atoms with Crippen LogP contribution in [-0.4, -0.2) is 20.7 Å². The lowest BCUT2D eigenvalue weighted by atomic mass is 10.1. The predicted molar refractivity (Wildman–Crippen MR) is 113 cm³/mol. The second kappa shape index (κ2) is 8.50. The van der Waals surface area contributed by atoms with Crippen molar-refractivity contribution in [1.29, 1.82) is 0 Å². The van der Waals surface area contributed by atoms with Crippen molar-refractivity contribution in [2.24, 2.45) is 5.73 Å². The maximum absolute atomic E-state index is 13.3. The standard InChI is InChI=1S/C23H21N5O/c24-14-18-9-4-5-11-20(18)23(29)28-22(26-15-17-7-2-1-3-8-17)13-21(27-28)19-10-6-12-25-16-19/h1-13,16,26H,14-15,24H2. The van der Waals surface area contributed by atoms with E-state index in [4.69, 9.17) is 5.73 Å². The van der Waals surface area contributed by atoms with E-state index in [-0.39, 0.29) is 12.5 Å². The lowest BCUT2D eigenvalue weighted by Gasteiger charge is -2.11. The molecule has 0 fully saturated rings. The highest BCUT2D eigenvalue weighted by Gasteiger charge is 2.19. The number of pyridine rings is 1. The van der Waals surface area contributed by atoms with Crippen molar-refractivity contribution in [3.05, 3.63) is 102 Å².